The van der Waals surface area contributed by atoms with Crippen molar-refractivity contribution in [1.29, 1.82) is 0 Å². The Balaban J connectivity index is 1.52. The number of nitrogens with zero attached hydrogens (tertiary/aromatic N) is 5. The van der Waals surface area contributed by atoms with Crippen LogP contribution in [0.25, 0.3) is 38.9 Å². The third-order valence-corrected chi connectivity index (χ3v) is 6.83. The molecule has 4 N–H and O–H groups in total. The number of fused-ring (bicyclic) bond motifs is 2. The van der Waals surface area contributed by atoms with E-state index < -0.39 is 0 Å². The second-order valence-corrected chi connectivity index (χ2v) is 8.86. The molecule has 8 heteroatoms. The van der Waals surface area contributed by atoms with Crippen LogP contribution in [0.1, 0.15) is 30.1 Å². The molecule has 1 fully saturated rings. The van der Waals surface area contributed by atoms with Crippen LogP contribution in [0.5, 0.6) is 0 Å². The van der Waals surface area contributed by atoms with E-state index in [0.717, 1.165) is 44.8 Å². The average molecular weight is 450 g/mol. The third kappa shape index (κ3) is 3.10. The summed E-state index contributed by atoms with van der Waals surface area (Å²) in [5.41, 5.74) is 18.0. The Bertz CT molecular complexity index is 1570. The lowest BCUT2D eigenvalue weighted by Crippen LogP contribution is -2.34. The number of anilines is 1. The van der Waals surface area contributed by atoms with Crippen LogP contribution in [0.2, 0.25) is 0 Å². The maximum atomic E-state index is 11.5. The lowest BCUT2D eigenvalue weighted by molar-refractivity contribution is -0.124. The molecule has 0 radical (unpaired) electrons. The molecule has 34 heavy (non-hydrogen) atoms. The molecule has 3 aromatic heterocycles. The van der Waals surface area contributed by atoms with Crippen LogP contribution in [0, 0.1) is 12.8 Å². The van der Waals surface area contributed by atoms with E-state index in [1.165, 1.54) is 6.33 Å². The van der Waals surface area contributed by atoms with Gasteiger partial charge < -0.3 is 11.5 Å². The number of aryl methyl sites for hydroxylation is 1. The number of imidazole rings is 1. The first kappa shape index (κ1) is 20.3. The van der Waals surface area contributed by atoms with Gasteiger partial charge in [-0.2, -0.15) is 5.10 Å². The SMILES string of the molecule is Cc1c(-c2nc(C3CC(C(N)=O)C3)n3ncnc(N)c23)ccc2ccc(-c3ccccc3)nc12. The second kappa shape index (κ2) is 7.62. The highest BCUT2D eigenvalue weighted by Gasteiger charge is 2.37. The van der Waals surface area contributed by atoms with Crippen LogP contribution >= 0.6 is 0 Å². The number of hydrogen-bond donors (Lipinski definition) is 2. The van der Waals surface area contributed by atoms with E-state index in [9.17, 15) is 4.79 Å². The van der Waals surface area contributed by atoms with Crippen molar-refractivity contribution in [2.24, 2.45) is 11.7 Å². The number of carbonyl (C=O) groups excluding carboxylic acids is 1. The van der Waals surface area contributed by atoms with Crippen LogP contribution in [0.4, 0.5) is 5.82 Å². The van der Waals surface area contributed by atoms with Crippen molar-refractivity contribution >= 4 is 28.1 Å². The molecular weight excluding hydrogens is 426 g/mol. The summed E-state index contributed by atoms with van der Waals surface area (Å²) in [6, 6.07) is 18.4. The maximum absolute atomic E-state index is 11.5. The molecule has 2 aromatic carbocycles. The monoisotopic (exact) mass is 449 g/mol. The van der Waals surface area contributed by atoms with Gasteiger partial charge in [0, 0.05) is 28.3 Å². The predicted molar refractivity (Wildman–Crippen MR) is 131 cm³/mol. The van der Waals surface area contributed by atoms with Crippen LogP contribution in [0.15, 0.2) is 60.9 Å². The normalized spacial score (nSPS) is 17.7. The minimum Gasteiger partial charge on any atom is -0.382 e. The number of nitrogens with two attached hydrogens (primary N) is 2. The van der Waals surface area contributed by atoms with Crippen LogP contribution in [-0.4, -0.2) is 30.5 Å². The second-order valence-electron chi connectivity index (χ2n) is 8.86. The van der Waals surface area contributed by atoms with Gasteiger partial charge >= 0.3 is 0 Å². The maximum Gasteiger partial charge on any atom is 0.220 e. The first-order valence-corrected chi connectivity index (χ1v) is 11.3. The van der Waals surface area contributed by atoms with E-state index in [1.807, 2.05) is 30.3 Å². The van der Waals surface area contributed by atoms with Crippen molar-refractivity contribution < 1.29 is 4.79 Å². The number of carbonyl (C=O) groups is 1. The van der Waals surface area contributed by atoms with Gasteiger partial charge in [-0.05, 0) is 31.4 Å². The molecule has 0 aliphatic heterocycles. The number of nitrogen functional groups attached to an aromatic ring is 1. The van der Waals surface area contributed by atoms with E-state index in [2.05, 4.69) is 41.3 Å². The van der Waals surface area contributed by atoms with Crippen LogP contribution in [0.3, 0.4) is 0 Å². The summed E-state index contributed by atoms with van der Waals surface area (Å²) < 4.78 is 1.76. The Kier molecular flexibility index (Phi) is 4.55. The summed E-state index contributed by atoms with van der Waals surface area (Å²) in [6.45, 7) is 2.05. The van der Waals surface area contributed by atoms with Gasteiger partial charge in [-0.1, -0.05) is 48.5 Å². The number of aromatic nitrogens is 5. The standard InChI is InChI=1S/C26H23N7O/c1-14-19(9-7-16-8-10-20(31-21(14)16)15-5-3-2-4-6-15)22-23-24(27)29-13-30-33(23)26(32-22)18-11-17(12-18)25(28)34/h2-10,13,17-18H,11-12H2,1H3,(H2,28,34)(H2,27,29,30). The highest BCUT2D eigenvalue weighted by Crippen LogP contribution is 2.43. The summed E-state index contributed by atoms with van der Waals surface area (Å²) >= 11 is 0. The van der Waals surface area contributed by atoms with Gasteiger partial charge in [-0.15, -0.1) is 0 Å². The first-order valence-electron chi connectivity index (χ1n) is 11.3. The quantitative estimate of drug-likeness (QED) is 0.429. The van der Waals surface area contributed by atoms with Gasteiger partial charge in [-0.3, -0.25) is 4.79 Å². The fourth-order valence-corrected chi connectivity index (χ4v) is 4.85. The minimum atomic E-state index is -0.267. The zero-order valence-corrected chi connectivity index (χ0v) is 18.6. The first-order chi connectivity index (χ1) is 16.5. The molecule has 1 aliphatic rings. The Labute approximate surface area is 195 Å². The number of rotatable bonds is 4. The summed E-state index contributed by atoms with van der Waals surface area (Å²) in [6.07, 6.45) is 2.76. The molecule has 3 heterocycles. The van der Waals surface area contributed by atoms with Crippen molar-refractivity contribution in [3.63, 3.8) is 0 Å². The summed E-state index contributed by atoms with van der Waals surface area (Å²) in [5, 5.41) is 5.49. The van der Waals surface area contributed by atoms with Gasteiger partial charge in [-0.25, -0.2) is 19.5 Å². The number of primary amides is 1. The number of pyridine rings is 1. The molecule has 0 atom stereocenters. The lowest BCUT2D eigenvalue weighted by Gasteiger charge is -2.31. The van der Waals surface area contributed by atoms with Gasteiger partial charge in [0.1, 0.15) is 23.4 Å². The fourth-order valence-electron chi connectivity index (χ4n) is 4.85. The van der Waals surface area contributed by atoms with Crippen molar-refractivity contribution in [2.75, 3.05) is 5.73 Å². The average Bonchev–Trinajstić information content (AvgIpc) is 3.19. The molecule has 0 spiro atoms. The largest absolute Gasteiger partial charge is 0.382 e. The molecule has 0 bridgehead atoms. The van der Waals surface area contributed by atoms with E-state index >= 15 is 0 Å². The molecule has 168 valence electrons. The molecule has 1 amide bonds. The smallest absolute Gasteiger partial charge is 0.220 e. The van der Waals surface area contributed by atoms with Gasteiger partial charge in [0.15, 0.2) is 5.82 Å². The Morgan fingerprint density at radius 2 is 1.79 bits per heavy atom. The van der Waals surface area contributed by atoms with Crippen molar-refractivity contribution in [3.8, 4) is 22.5 Å². The van der Waals surface area contributed by atoms with Crippen molar-refractivity contribution in [2.45, 2.75) is 25.7 Å². The van der Waals surface area contributed by atoms with Gasteiger partial charge in [0.2, 0.25) is 5.91 Å². The Hall–Kier alpha value is -4.33. The molecule has 1 aliphatic carbocycles. The van der Waals surface area contributed by atoms with Gasteiger partial charge in [0.05, 0.1) is 11.2 Å². The number of amides is 1. The van der Waals surface area contributed by atoms with E-state index in [4.69, 9.17) is 21.4 Å². The molecule has 0 unspecified atom stereocenters. The highest BCUT2D eigenvalue weighted by atomic mass is 16.1. The van der Waals surface area contributed by atoms with Crippen molar-refractivity contribution in [3.05, 3.63) is 72.3 Å². The van der Waals surface area contributed by atoms with E-state index in [-0.39, 0.29) is 17.7 Å². The summed E-state index contributed by atoms with van der Waals surface area (Å²) in [7, 11) is 0. The van der Waals surface area contributed by atoms with E-state index in [0.29, 0.717) is 24.2 Å². The topological polar surface area (TPSA) is 125 Å². The van der Waals surface area contributed by atoms with E-state index in [1.54, 1.807) is 4.52 Å². The Morgan fingerprint density at radius 1 is 1.03 bits per heavy atom. The zero-order valence-electron chi connectivity index (χ0n) is 18.6. The van der Waals surface area contributed by atoms with Crippen molar-refractivity contribution in [1.82, 2.24) is 24.6 Å². The van der Waals surface area contributed by atoms with Gasteiger partial charge in [0.25, 0.3) is 0 Å². The molecule has 1 saturated carbocycles. The molecule has 5 aromatic rings. The lowest BCUT2D eigenvalue weighted by atomic mass is 9.74. The molecular formula is C26H23N7O. The Morgan fingerprint density at radius 3 is 2.56 bits per heavy atom. The predicted octanol–water partition coefficient (Wildman–Crippen LogP) is 3.88. The molecule has 8 nitrogen and oxygen atoms in total. The summed E-state index contributed by atoms with van der Waals surface area (Å²) in [4.78, 5) is 25.7. The summed E-state index contributed by atoms with van der Waals surface area (Å²) in [5.74, 6) is 0.846. The number of benzene rings is 2. The number of hydrogen-bond acceptors (Lipinski definition) is 6. The molecule has 6 rings (SSSR count). The minimum absolute atomic E-state index is 0.0941. The highest BCUT2D eigenvalue weighted by molar-refractivity contribution is 5.94. The van der Waals surface area contributed by atoms with Crippen LogP contribution < -0.4 is 11.5 Å². The van der Waals surface area contributed by atoms with Crippen LogP contribution in [-0.2, 0) is 4.79 Å². The third-order valence-electron chi connectivity index (χ3n) is 6.83. The zero-order chi connectivity index (χ0) is 23.4. The fraction of sp³-hybridized carbons (Fsp3) is 0.192. The molecule has 0 saturated heterocycles.